The molecule has 0 atom stereocenters. The van der Waals surface area contributed by atoms with Gasteiger partial charge in [-0.15, -0.1) is 0 Å². The van der Waals surface area contributed by atoms with Crippen LogP contribution in [-0.4, -0.2) is 21.2 Å². The summed E-state index contributed by atoms with van der Waals surface area (Å²) >= 11 is 5.55. The highest BCUT2D eigenvalue weighted by Crippen LogP contribution is 2.15. The molecule has 0 spiro atoms. The van der Waals surface area contributed by atoms with Crippen molar-refractivity contribution in [3.63, 3.8) is 0 Å². The van der Waals surface area contributed by atoms with Crippen molar-refractivity contribution in [3.8, 4) is 17.6 Å². The first-order valence-electron chi connectivity index (χ1n) is 3.66. The van der Waals surface area contributed by atoms with Gasteiger partial charge < -0.3 is 10.2 Å². The Morgan fingerprint density at radius 1 is 1.57 bits per heavy atom. The van der Waals surface area contributed by atoms with Crippen molar-refractivity contribution in [1.82, 2.24) is 4.98 Å². The van der Waals surface area contributed by atoms with Gasteiger partial charge in [0.05, 0.1) is 0 Å². The second kappa shape index (κ2) is 4.49. The smallest absolute Gasteiger partial charge is 0.315 e. The number of aromatic nitrogens is 1. The van der Waals surface area contributed by atoms with Gasteiger partial charge in [0, 0.05) is 0 Å². The topological polar surface area (TPSA) is 70.4 Å². The summed E-state index contributed by atoms with van der Waals surface area (Å²) in [4.78, 5) is 13.8. The number of nitrogens with zero attached hydrogens (tertiary/aromatic N) is 1. The second-order valence-electron chi connectivity index (χ2n) is 2.37. The van der Waals surface area contributed by atoms with Gasteiger partial charge in [0.25, 0.3) is 0 Å². The number of hydrogen-bond acceptors (Lipinski definition) is 3. The number of carboxylic acids is 1. The van der Waals surface area contributed by atoms with Crippen LogP contribution in [0.2, 0.25) is 5.15 Å². The maximum Gasteiger partial charge on any atom is 0.315 e. The zero-order valence-corrected chi connectivity index (χ0v) is 7.75. The van der Waals surface area contributed by atoms with Crippen molar-refractivity contribution in [2.45, 2.75) is 6.42 Å². The summed E-state index contributed by atoms with van der Waals surface area (Å²) < 4.78 is 0. The Labute approximate surface area is 85.2 Å². The second-order valence-corrected chi connectivity index (χ2v) is 2.76. The van der Waals surface area contributed by atoms with E-state index >= 15 is 0 Å². The lowest BCUT2D eigenvalue weighted by Gasteiger charge is -1.94. The molecule has 1 heterocycles. The molecule has 0 saturated carbocycles. The first-order valence-corrected chi connectivity index (χ1v) is 4.03. The fourth-order valence-corrected chi connectivity index (χ4v) is 0.871. The van der Waals surface area contributed by atoms with Crippen molar-refractivity contribution < 1.29 is 15.0 Å². The lowest BCUT2D eigenvalue weighted by atomic mass is 10.3. The van der Waals surface area contributed by atoms with Crippen molar-refractivity contribution in [2.75, 3.05) is 0 Å². The summed E-state index contributed by atoms with van der Waals surface area (Å²) in [6.07, 6.45) is -0.298. The number of carbonyl (C=O) groups is 1. The number of carboxylic acid groups (broad SMARTS) is 1. The van der Waals surface area contributed by atoms with Crippen molar-refractivity contribution in [2.24, 2.45) is 0 Å². The molecule has 1 rings (SSSR count). The average Bonchev–Trinajstić information content (AvgIpc) is 2.10. The van der Waals surface area contributed by atoms with E-state index in [0.717, 1.165) is 0 Å². The van der Waals surface area contributed by atoms with E-state index in [2.05, 4.69) is 16.8 Å². The van der Waals surface area contributed by atoms with Crippen molar-refractivity contribution >= 4 is 17.6 Å². The average molecular weight is 212 g/mol. The summed E-state index contributed by atoms with van der Waals surface area (Å²) in [5, 5.41) is 17.7. The Morgan fingerprint density at radius 2 is 2.29 bits per heavy atom. The van der Waals surface area contributed by atoms with E-state index in [0.29, 0.717) is 0 Å². The largest absolute Gasteiger partial charge is 0.505 e. The normalized spacial score (nSPS) is 8.93. The van der Waals surface area contributed by atoms with Crippen molar-refractivity contribution in [1.29, 1.82) is 0 Å². The number of pyridine rings is 1. The Bertz CT molecular complexity index is 420. The molecule has 0 aliphatic rings. The van der Waals surface area contributed by atoms with Gasteiger partial charge in [-0.3, -0.25) is 4.79 Å². The molecule has 0 unspecified atom stereocenters. The van der Waals surface area contributed by atoms with E-state index in [-0.39, 0.29) is 23.0 Å². The molecular weight excluding hydrogens is 206 g/mol. The number of aromatic hydroxyl groups is 1. The summed E-state index contributed by atoms with van der Waals surface area (Å²) in [5.74, 6) is 3.60. The van der Waals surface area contributed by atoms with E-state index in [4.69, 9.17) is 16.7 Å². The minimum absolute atomic E-state index is 0.0822. The third-order valence-corrected chi connectivity index (χ3v) is 1.50. The van der Waals surface area contributed by atoms with E-state index in [9.17, 15) is 9.90 Å². The third-order valence-electron chi connectivity index (χ3n) is 1.29. The van der Waals surface area contributed by atoms with Gasteiger partial charge in [0.1, 0.15) is 17.3 Å². The van der Waals surface area contributed by atoms with Crippen molar-refractivity contribution in [3.05, 3.63) is 23.0 Å². The predicted octanol–water partition coefficient (Wildman–Crippen LogP) is 1.27. The molecule has 14 heavy (non-hydrogen) atoms. The molecule has 2 N–H and O–H groups in total. The molecule has 72 valence electrons. The standard InChI is InChI=1S/C9H6ClNO3/c10-8-5-4-7(12)6(11-8)2-1-3-9(13)14/h4-5,12H,3H2,(H,13,14). The van der Waals surface area contributed by atoms with Gasteiger partial charge in [-0.05, 0) is 18.1 Å². The predicted molar refractivity (Wildman–Crippen MR) is 50.0 cm³/mol. The van der Waals surface area contributed by atoms with E-state index in [1.165, 1.54) is 12.1 Å². The van der Waals surface area contributed by atoms with Gasteiger partial charge in [0.2, 0.25) is 0 Å². The minimum atomic E-state index is -1.03. The van der Waals surface area contributed by atoms with Crippen LogP contribution in [0.3, 0.4) is 0 Å². The van der Waals surface area contributed by atoms with E-state index in [1.54, 1.807) is 0 Å². The first kappa shape index (κ1) is 10.4. The Morgan fingerprint density at radius 3 is 2.93 bits per heavy atom. The molecule has 0 aliphatic heterocycles. The maximum absolute atomic E-state index is 10.1. The van der Waals surface area contributed by atoms with Gasteiger partial charge in [-0.25, -0.2) is 4.98 Å². The number of rotatable bonds is 1. The molecule has 4 nitrogen and oxygen atoms in total. The van der Waals surface area contributed by atoms with E-state index < -0.39 is 5.97 Å². The fourth-order valence-electron chi connectivity index (χ4n) is 0.723. The van der Waals surface area contributed by atoms with Crippen LogP contribution in [0.5, 0.6) is 5.75 Å². The van der Waals surface area contributed by atoms with Crippen LogP contribution in [0.4, 0.5) is 0 Å². The Kier molecular flexibility index (Phi) is 3.32. The molecule has 0 bridgehead atoms. The van der Waals surface area contributed by atoms with Crippen LogP contribution in [0.25, 0.3) is 0 Å². The van der Waals surface area contributed by atoms with Crippen LogP contribution in [0.15, 0.2) is 12.1 Å². The van der Waals surface area contributed by atoms with Crippen LogP contribution in [-0.2, 0) is 4.79 Å². The third kappa shape index (κ3) is 2.96. The van der Waals surface area contributed by atoms with E-state index in [1.807, 2.05) is 0 Å². The molecule has 0 amide bonds. The van der Waals surface area contributed by atoms with Crippen LogP contribution >= 0.6 is 11.6 Å². The lowest BCUT2D eigenvalue weighted by molar-refractivity contribution is -0.135. The molecular formula is C9H6ClNO3. The van der Waals surface area contributed by atoms with Gasteiger partial charge >= 0.3 is 5.97 Å². The monoisotopic (exact) mass is 211 g/mol. The zero-order chi connectivity index (χ0) is 10.6. The molecule has 0 fully saturated rings. The quantitative estimate of drug-likeness (QED) is 0.542. The maximum atomic E-state index is 10.1. The Balaban J connectivity index is 2.88. The number of halogens is 1. The summed E-state index contributed by atoms with van der Waals surface area (Å²) in [6.45, 7) is 0. The zero-order valence-electron chi connectivity index (χ0n) is 6.99. The van der Waals surface area contributed by atoms with Gasteiger partial charge in [-0.2, -0.15) is 0 Å². The fraction of sp³-hybridized carbons (Fsp3) is 0.111. The van der Waals surface area contributed by atoms with Crippen LogP contribution in [0, 0.1) is 11.8 Å². The lowest BCUT2D eigenvalue weighted by Crippen LogP contribution is -1.91. The molecule has 1 aromatic rings. The Hall–Kier alpha value is -1.73. The molecule has 0 saturated heterocycles. The molecule has 1 aromatic heterocycles. The highest BCUT2D eigenvalue weighted by molar-refractivity contribution is 6.29. The molecule has 0 radical (unpaired) electrons. The molecule has 0 aromatic carbocycles. The van der Waals surface area contributed by atoms with Gasteiger partial charge in [0.15, 0.2) is 5.69 Å². The highest BCUT2D eigenvalue weighted by atomic mass is 35.5. The van der Waals surface area contributed by atoms with Crippen LogP contribution < -0.4 is 0 Å². The highest BCUT2D eigenvalue weighted by Gasteiger charge is 1.99. The summed E-state index contributed by atoms with van der Waals surface area (Å²) in [6, 6.07) is 2.76. The minimum Gasteiger partial charge on any atom is -0.505 e. The van der Waals surface area contributed by atoms with Crippen LogP contribution in [0.1, 0.15) is 12.1 Å². The SMILES string of the molecule is O=C(O)CC#Cc1nc(Cl)ccc1O. The van der Waals surface area contributed by atoms with Gasteiger partial charge in [-0.1, -0.05) is 17.5 Å². The number of aliphatic carboxylic acids is 1. The summed E-state index contributed by atoms with van der Waals surface area (Å²) in [5.41, 5.74) is 0.0822. The molecule has 0 aliphatic carbocycles. The summed E-state index contributed by atoms with van der Waals surface area (Å²) in [7, 11) is 0. The first-order chi connectivity index (χ1) is 6.59. The molecule has 5 heteroatoms. The number of hydrogen-bond donors (Lipinski definition) is 2.